The standard InChI is InChI=1S/C35H36FN5O5/c1-22(2)31-39-33(46-40-31)27-9-6-10-28(19-27)38-35(45)41(29-17-15-25(16-18-29)24-7-4-3-5-8-24)21-23-11-13-26(14-12-23)32(42)37-20-30(36)34(43)44/h6-7,9-19,22,30H,3-5,8,20-21H2,1-2H3,(H,37,42)(H,38,45)(H,43,44). The maximum Gasteiger partial charge on any atom is 0.340 e. The number of carbonyl (C=O) groups excluding carboxylic acids is 2. The number of allylic oxidation sites excluding steroid dienone is 2. The fourth-order valence-electron chi connectivity index (χ4n) is 5.06. The first-order valence-corrected chi connectivity index (χ1v) is 15.2. The Morgan fingerprint density at radius 2 is 1.76 bits per heavy atom. The molecular formula is C35H36FN5O5. The third-order valence-electron chi connectivity index (χ3n) is 7.67. The minimum absolute atomic E-state index is 0.109. The number of aromatic nitrogens is 2. The highest BCUT2D eigenvalue weighted by atomic mass is 19.1. The molecule has 238 valence electrons. The van der Waals surface area contributed by atoms with E-state index in [0.717, 1.165) is 30.4 Å². The monoisotopic (exact) mass is 625 g/mol. The Balaban J connectivity index is 1.36. The molecule has 3 N–H and O–H groups in total. The van der Waals surface area contributed by atoms with Crippen molar-refractivity contribution in [2.24, 2.45) is 0 Å². The SMILES string of the molecule is CC(C)c1noc(-c2cccc(NC(=O)N(Cc3ccc(C(=O)NCC(F)C(=O)O)cc3)c3ccc(C4=CCCCC4)cc3)c2)n1. The number of hydrogen-bond acceptors (Lipinski definition) is 6. The van der Waals surface area contributed by atoms with E-state index in [1.54, 1.807) is 47.4 Å². The van der Waals surface area contributed by atoms with Crippen molar-refractivity contribution in [3.63, 3.8) is 0 Å². The van der Waals surface area contributed by atoms with Crippen molar-refractivity contribution in [3.8, 4) is 11.5 Å². The number of anilines is 2. The second-order valence-electron chi connectivity index (χ2n) is 11.4. The summed E-state index contributed by atoms with van der Waals surface area (Å²) in [6.45, 7) is 3.50. The average Bonchev–Trinajstić information content (AvgIpc) is 3.58. The minimum atomic E-state index is -2.19. The fraction of sp³-hybridized carbons (Fsp3) is 0.286. The molecule has 3 amide bonds. The van der Waals surface area contributed by atoms with Gasteiger partial charge in [0.15, 0.2) is 5.82 Å². The van der Waals surface area contributed by atoms with Crippen molar-refractivity contribution in [2.75, 3.05) is 16.8 Å². The first kappa shape index (κ1) is 32.1. The lowest BCUT2D eigenvalue weighted by Gasteiger charge is -2.24. The molecule has 0 fully saturated rings. The van der Waals surface area contributed by atoms with Crippen LogP contribution < -0.4 is 15.5 Å². The summed E-state index contributed by atoms with van der Waals surface area (Å²) in [6, 6.07) is 21.2. The van der Waals surface area contributed by atoms with Gasteiger partial charge >= 0.3 is 12.0 Å². The van der Waals surface area contributed by atoms with Crippen LogP contribution in [0.3, 0.4) is 0 Å². The Kier molecular flexibility index (Phi) is 10.2. The lowest BCUT2D eigenvalue weighted by Crippen LogP contribution is -2.35. The van der Waals surface area contributed by atoms with Crippen LogP contribution in [0.1, 0.15) is 72.8 Å². The van der Waals surface area contributed by atoms with E-state index in [1.807, 2.05) is 44.2 Å². The summed E-state index contributed by atoms with van der Waals surface area (Å²) in [6.07, 6.45) is 4.53. The normalized spacial score (nSPS) is 13.5. The van der Waals surface area contributed by atoms with Crippen LogP contribution in [-0.2, 0) is 11.3 Å². The van der Waals surface area contributed by atoms with Crippen LogP contribution in [0.5, 0.6) is 0 Å². The van der Waals surface area contributed by atoms with Gasteiger partial charge in [0.1, 0.15) is 0 Å². The number of amides is 3. The maximum absolute atomic E-state index is 13.8. The molecule has 4 aromatic rings. The first-order valence-electron chi connectivity index (χ1n) is 15.2. The zero-order valence-electron chi connectivity index (χ0n) is 25.7. The van der Waals surface area contributed by atoms with Crippen molar-refractivity contribution >= 4 is 34.9 Å². The molecular weight excluding hydrogens is 589 g/mol. The molecule has 3 aromatic carbocycles. The molecule has 0 saturated carbocycles. The lowest BCUT2D eigenvalue weighted by molar-refractivity contribution is -0.142. The van der Waals surface area contributed by atoms with Crippen molar-refractivity contribution in [1.82, 2.24) is 15.5 Å². The van der Waals surface area contributed by atoms with Crippen LogP contribution in [-0.4, -0.2) is 45.9 Å². The smallest absolute Gasteiger partial charge is 0.340 e. The summed E-state index contributed by atoms with van der Waals surface area (Å²) in [5.74, 6) is -1.17. The molecule has 1 heterocycles. The van der Waals surface area contributed by atoms with Gasteiger partial charge in [-0.25, -0.2) is 14.0 Å². The van der Waals surface area contributed by atoms with Gasteiger partial charge in [-0.15, -0.1) is 0 Å². The number of urea groups is 1. The lowest BCUT2D eigenvalue weighted by atomic mass is 9.93. The molecule has 1 aliphatic carbocycles. The number of aliphatic carboxylic acids is 1. The van der Waals surface area contributed by atoms with Gasteiger partial charge in [0, 0.05) is 28.4 Å². The Hall–Kier alpha value is -5.32. The molecule has 5 rings (SSSR count). The zero-order chi connectivity index (χ0) is 32.6. The topological polar surface area (TPSA) is 138 Å². The van der Waals surface area contributed by atoms with Gasteiger partial charge in [0.2, 0.25) is 6.17 Å². The number of carbonyl (C=O) groups is 3. The van der Waals surface area contributed by atoms with Crippen molar-refractivity contribution in [2.45, 2.75) is 58.2 Å². The van der Waals surface area contributed by atoms with Gasteiger partial charge in [0.05, 0.1) is 13.1 Å². The van der Waals surface area contributed by atoms with Crippen LogP contribution in [0.25, 0.3) is 17.0 Å². The molecule has 0 bridgehead atoms. The van der Waals surface area contributed by atoms with Crippen LogP contribution in [0.2, 0.25) is 0 Å². The van der Waals surface area contributed by atoms with Crippen LogP contribution in [0.15, 0.2) is 83.4 Å². The fourth-order valence-corrected chi connectivity index (χ4v) is 5.06. The van der Waals surface area contributed by atoms with Crippen LogP contribution >= 0.6 is 0 Å². The summed E-state index contributed by atoms with van der Waals surface area (Å²) >= 11 is 0. The number of rotatable bonds is 11. The predicted octanol–water partition coefficient (Wildman–Crippen LogP) is 7.21. The second kappa shape index (κ2) is 14.6. The van der Waals surface area contributed by atoms with Crippen molar-refractivity contribution in [1.29, 1.82) is 0 Å². The van der Waals surface area contributed by atoms with Gasteiger partial charge in [-0.05, 0) is 84.8 Å². The molecule has 46 heavy (non-hydrogen) atoms. The van der Waals surface area contributed by atoms with Gasteiger partial charge in [-0.3, -0.25) is 9.69 Å². The quantitative estimate of drug-likeness (QED) is 0.160. The molecule has 1 aliphatic rings. The van der Waals surface area contributed by atoms with E-state index in [2.05, 4.69) is 26.9 Å². The molecule has 0 spiro atoms. The number of halogens is 1. The molecule has 10 nitrogen and oxygen atoms in total. The number of hydrogen-bond donors (Lipinski definition) is 3. The number of carboxylic acids is 1. The number of nitrogens with zero attached hydrogens (tertiary/aromatic N) is 3. The summed E-state index contributed by atoms with van der Waals surface area (Å²) in [5, 5.41) is 18.0. The highest BCUT2D eigenvalue weighted by Crippen LogP contribution is 2.29. The summed E-state index contributed by atoms with van der Waals surface area (Å²) < 4.78 is 18.8. The Labute approximate surface area is 266 Å². The van der Waals surface area contributed by atoms with E-state index in [-0.39, 0.29) is 24.1 Å². The van der Waals surface area contributed by atoms with E-state index in [1.165, 1.54) is 12.0 Å². The maximum atomic E-state index is 13.8. The van der Waals surface area contributed by atoms with Gasteiger partial charge in [-0.1, -0.05) is 55.4 Å². The highest BCUT2D eigenvalue weighted by Gasteiger charge is 2.20. The molecule has 0 aliphatic heterocycles. The number of alkyl halides is 1. The largest absolute Gasteiger partial charge is 0.479 e. The predicted molar refractivity (Wildman–Crippen MR) is 173 cm³/mol. The number of nitrogens with one attached hydrogen (secondary N) is 2. The molecule has 0 radical (unpaired) electrons. The number of carboxylic acid groups (broad SMARTS) is 1. The third kappa shape index (κ3) is 8.03. The van der Waals surface area contributed by atoms with Gasteiger partial charge < -0.3 is 20.3 Å². The molecule has 1 aromatic heterocycles. The summed E-state index contributed by atoms with van der Waals surface area (Å²) in [7, 11) is 0. The molecule has 1 atom stereocenters. The van der Waals surface area contributed by atoms with E-state index >= 15 is 0 Å². The van der Waals surface area contributed by atoms with Crippen LogP contribution in [0.4, 0.5) is 20.6 Å². The highest BCUT2D eigenvalue weighted by molar-refractivity contribution is 6.02. The van der Waals surface area contributed by atoms with E-state index < -0.39 is 24.6 Å². The molecule has 0 saturated heterocycles. The number of benzene rings is 3. The van der Waals surface area contributed by atoms with Gasteiger partial charge in [-0.2, -0.15) is 4.98 Å². The van der Waals surface area contributed by atoms with E-state index in [9.17, 15) is 18.8 Å². The average molecular weight is 626 g/mol. The third-order valence-corrected chi connectivity index (χ3v) is 7.67. The molecule has 11 heteroatoms. The zero-order valence-corrected chi connectivity index (χ0v) is 25.7. The van der Waals surface area contributed by atoms with Crippen molar-refractivity contribution < 1.29 is 28.4 Å². The van der Waals surface area contributed by atoms with E-state index in [4.69, 9.17) is 9.63 Å². The van der Waals surface area contributed by atoms with Crippen molar-refractivity contribution in [3.05, 3.63) is 101 Å². The minimum Gasteiger partial charge on any atom is -0.479 e. The first-order chi connectivity index (χ1) is 22.2. The van der Waals surface area contributed by atoms with E-state index in [0.29, 0.717) is 28.7 Å². The Morgan fingerprint density at radius 3 is 2.41 bits per heavy atom. The summed E-state index contributed by atoms with van der Waals surface area (Å²) in [4.78, 5) is 43.0. The van der Waals surface area contributed by atoms with Gasteiger partial charge in [0.25, 0.3) is 11.8 Å². The second-order valence-corrected chi connectivity index (χ2v) is 11.4. The van der Waals surface area contributed by atoms with Crippen LogP contribution in [0, 0.1) is 0 Å². The Bertz CT molecular complexity index is 1720. The molecule has 1 unspecified atom stereocenters. The summed E-state index contributed by atoms with van der Waals surface area (Å²) in [5.41, 5.74) is 5.30. The Morgan fingerprint density at radius 1 is 1.00 bits per heavy atom.